The molecule has 0 saturated heterocycles. The van der Waals surface area contributed by atoms with E-state index in [4.69, 9.17) is 0 Å². The number of hydrogen-bond acceptors (Lipinski definition) is 1. The lowest BCUT2D eigenvalue weighted by Gasteiger charge is -2.23. The van der Waals surface area contributed by atoms with Crippen LogP contribution in [0.25, 0.3) is 108 Å². The predicted octanol–water partition coefficient (Wildman–Crippen LogP) is 16.0. The van der Waals surface area contributed by atoms with E-state index in [1.165, 1.54) is 119 Å². The van der Waals surface area contributed by atoms with Gasteiger partial charge in [-0.2, -0.15) is 0 Å². The molecule has 56 heavy (non-hydrogen) atoms. The van der Waals surface area contributed by atoms with Gasteiger partial charge in [-0.25, -0.2) is 0 Å². The second-order valence-corrected chi connectivity index (χ2v) is 17.0. The van der Waals surface area contributed by atoms with E-state index in [0.29, 0.717) is 0 Å². The molecule has 0 nitrogen and oxygen atoms in total. The molecule has 0 saturated carbocycles. The highest BCUT2D eigenvalue weighted by Gasteiger charge is 2.36. The summed E-state index contributed by atoms with van der Waals surface area (Å²) in [7, 11) is 0. The van der Waals surface area contributed by atoms with E-state index in [1.54, 1.807) is 0 Å². The zero-order valence-electron chi connectivity index (χ0n) is 31.2. The molecule has 11 aromatic rings. The summed E-state index contributed by atoms with van der Waals surface area (Å²) < 4.78 is 2.73. The van der Waals surface area contributed by atoms with Crippen LogP contribution in [0.5, 0.6) is 0 Å². The Kier molecular flexibility index (Phi) is 6.66. The highest BCUT2D eigenvalue weighted by atomic mass is 32.1. The van der Waals surface area contributed by atoms with Gasteiger partial charge in [0, 0.05) is 25.6 Å². The first-order valence-electron chi connectivity index (χ1n) is 19.6. The molecule has 1 aromatic heterocycles. The Morgan fingerprint density at radius 3 is 1.50 bits per heavy atom. The Bertz CT molecular complexity index is 3390. The molecule has 0 radical (unpaired) electrons. The normalized spacial score (nSPS) is 13.3. The second-order valence-electron chi connectivity index (χ2n) is 16.0. The average Bonchev–Trinajstić information content (AvgIpc) is 3.74. The van der Waals surface area contributed by atoms with Gasteiger partial charge in [0.2, 0.25) is 0 Å². The summed E-state index contributed by atoms with van der Waals surface area (Å²) in [4.78, 5) is 0. The summed E-state index contributed by atoms with van der Waals surface area (Å²) in [5.74, 6) is 0. The van der Waals surface area contributed by atoms with Gasteiger partial charge in [0.05, 0.1) is 0 Å². The molecular weight excluding hydrogens is 693 g/mol. The topological polar surface area (TPSA) is 0 Å². The van der Waals surface area contributed by atoms with E-state index in [0.717, 1.165) is 0 Å². The minimum Gasteiger partial charge on any atom is -0.134 e. The lowest BCUT2D eigenvalue weighted by atomic mass is 9.80. The van der Waals surface area contributed by atoms with Crippen molar-refractivity contribution < 1.29 is 0 Å². The van der Waals surface area contributed by atoms with Gasteiger partial charge in [-0.1, -0.05) is 184 Å². The van der Waals surface area contributed by atoms with E-state index in [-0.39, 0.29) is 5.41 Å². The van der Waals surface area contributed by atoms with Crippen LogP contribution in [-0.2, 0) is 5.41 Å². The minimum absolute atomic E-state index is 0.171. The zero-order chi connectivity index (χ0) is 37.1. The third-order valence-corrected chi connectivity index (χ3v) is 13.9. The molecule has 262 valence electrons. The summed E-state index contributed by atoms with van der Waals surface area (Å²) in [5, 5.41) is 13.0. The number of hydrogen-bond donors (Lipinski definition) is 0. The quantitative estimate of drug-likeness (QED) is 0.159. The van der Waals surface area contributed by atoms with Crippen LogP contribution in [-0.4, -0.2) is 0 Å². The van der Waals surface area contributed by atoms with E-state index < -0.39 is 0 Å². The molecule has 0 bridgehead atoms. The third-order valence-electron chi connectivity index (χ3n) is 12.7. The SMILES string of the molecule is CC1(C)c2cc(-c3c4ccccc4c(-c4cccc5ccccc45)c4ccccc34)ccc2-c2ccc(-c3cccc4c3sc3c5ccccc5ccc43)cc21. The van der Waals surface area contributed by atoms with Crippen molar-refractivity contribution in [3.63, 3.8) is 0 Å². The fourth-order valence-corrected chi connectivity index (χ4v) is 11.4. The molecular formula is C55H36S. The van der Waals surface area contributed by atoms with Crippen LogP contribution >= 0.6 is 11.3 Å². The first-order chi connectivity index (χ1) is 27.5. The van der Waals surface area contributed by atoms with E-state index in [1.807, 2.05) is 11.3 Å². The van der Waals surface area contributed by atoms with E-state index >= 15 is 0 Å². The van der Waals surface area contributed by atoms with E-state index in [2.05, 4.69) is 196 Å². The summed E-state index contributed by atoms with van der Waals surface area (Å²) in [5.41, 5.74) is 13.1. The van der Waals surface area contributed by atoms with Gasteiger partial charge in [0.15, 0.2) is 0 Å². The largest absolute Gasteiger partial charge is 0.134 e. The van der Waals surface area contributed by atoms with Gasteiger partial charge < -0.3 is 0 Å². The van der Waals surface area contributed by atoms with Crippen molar-refractivity contribution in [3.8, 4) is 44.5 Å². The van der Waals surface area contributed by atoms with Crippen molar-refractivity contribution in [2.24, 2.45) is 0 Å². The average molecular weight is 729 g/mol. The number of benzene rings is 10. The number of rotatable bonds is 3. The first-order valence-corrected chi connectivity index (χ1v) is 20.4. The van der Waals surface area contributed by atoms with Crippen LogP contribution in [0.15, 0.2) is 182 Å². The zero-order valence-corrected chi connectivity index (χ0v) is 32.0. The monoisotopic (exact) mass is 728 g/mol. The molecule has 12 rings (SSSR count). The third kappa shape index (κ3) is 4.41. The lowest BCUT2D eigenvalue weighted by Crippen LogP contribution is -2.15. The van der Waals surface area contributed by atoms with Gasteiger partial charge in [-0.3, -0.25) is 0 Å². The first kappa shape index (κ1) is 31.8. The van der Waals surface area contributed by atoms with Crippen molar-refractivity contribution in [3.05, 3.63) is 193 Å². The molecule has 0 amide bonds. The van der Waals surface area contributed by atoms with Crippen LogP contribution < -0.4 is 0 Å². The molecule has 1 heteroatoms. The Morgan fingerprint density at radius 1 is 0.321 bits per heavy atom. The number of thiophene rings is 1. The smallest absolute Gasteiger partial charge is 0.0434 e. The van der Waals surface area contributed by atoms with Gasteiger partial charge >= 0.3 is 0 Å². The molecule has 0 aliphatic heterocycles. The highest BCUT2D eigenvalue weighted by Crippen LogP contribution is 2.53. The molecule has 0 spiro atoms. The Hall–Kier alpha value is -6.54. The maximum Gasteiger partial charge on any atom is 0.0434 e. The molecule has 0 unspecified atom stereocenters. The van der Waals surface area contributed by atoms with Crippen molar-refractivity contribution in [2.45, 2.75) is 19.3 Å². The number of fused-ring (bicyclic) bond motifs is 11. The maximum atomic E-state index is 2.50. The highest BCUT2D eigenvalue weighted by molar-refractivity contribution is 7.27. The maximum absolute atomic E-state index is 2.50. The fraction of sp³-hybridized carbons (Fsp3) is 0.0545. The summed E-state index contributed by atoms with van der Waals surface area (Å²) >= 11 is 1.93. The van der Waals surface area contributed by atoms with Crippen LogP contribution in [0.4, 0.5) is 0 Å². The lowest BCUT2D eigenvalue weighted by molar-refractivity contribution is 0.661. The Morgan fingerprint density at radius 2 is 0.804 bits per heavy atom. The summed E-state index contributed by atoms with van der Waals surface area (Å²) in [6, 6.07) is 68.2. The molecule has 1 aliphatic carbocycles. The van der Waals surface area contributed by atoms with Crippen molar-refractivity contribution in [1.82, 2.24) is 0 Å². The Labute approximate surface area is 329 Å². The van der Waals surface area contributed by atoms with Crippen LogP contribution in [0.3, 0.4) is 0 Å². The fourth-order valence-electron chi connectivity index (χ4n) is 9.99. The van der Waals surface area contributed by atoms with Crippen molar-refractivity contribution >= 4 is 74.6 Å². The molecule has 0 atom stereocenters. The van der Waals surface area contributed by atoms with Gasteiger partial charge in [-0.15, -0.1) is 11.3 Å². The standard InChI is InChI=1S/C55H36S/c1-55(2)49-31-35(39-22-12-24-47-48-30-25-34-14-4-6-17-38(34)53(48)56-54(39)47)26-28-40(49)41-29-27-36(32-50(41)55)51-43-18-7-9-20-45(43)52(46-21-10-8-19-44(46)51)42-23-11-15-33-13-3-5-16-37(33)42/h3-32H,1-2H3. The van der Waals surface area contributed by atoms with Crippen molar-refractivity contribution in [2.75, 3.05) is 0 Å². The van der Waals surface area contributed by atoms with E-state index in [9.17, 15) is 0 Å². The molecule has 0 fully saturated rings. The molecule has 10 aromatic carbocycles. The van der Waals surface area contributed by atoms with Crippen LogP contribution in [0.2, 0.25) is 0 Å². The molecule has 1 heterocycles. The van der Waals surface area contributed by atoms with Gasteiger partial charge in [-0.05, 0) is 111 Å². The Balaban J connectivity index is 1.03. The predicted molar refractivity (Wildman–Crippen MR) is 243 cm³/mol. The van der Waals surface area contributed by atoms with Crippen LogP contribution in [0.1, 0.15) is 25.0 Å². The summed E-state index contributed by atoms with van der Waals surface area (Å²) in [6.07, 6.45) is 0. The molecule has 0 N–H and O–H groups in total. The minimum atomic E-state index is -0.171. The van der Waals surface area contributed by atoms with Gasteiger partial charge in [0.25, 0.3) is 0 Å². The summed E-state index contributed by atoms with van der Waals surface area (Å²) in [6.45, 7) is 4.83. The van der Waals surface area contributed by atoms with Crippen molar-refractivity contribution in [1.29, 1.82) is 0 Å². The second kappa shape index (κ2) is 11.7. The van der Waals surface area contributed by atoms with Gasteiger partial charge in [0.1, 0.15) is 0 Å². The van der Waals surface area contributed by atoms with Crippen LogP contribution in [0, 0.1) is 0 Å². The molecule has 1 aliphatic rings.